The van der Waals surface area contributed by atoms with Gasteiger partial charge in [-0.05, 0) is 65.4 Å². The van der Waals surface area contributed by atoms with Crippen LogP contribution in [0.15, 0.2) is 78.9 Å². The molecule has 0 atom stereocenters. The summed E-state index contributed by atoms with van der Waals surface area (Å²) in [6, 6.07) is 25.7. The van der Waals surface area contributed by atoms with Gasteiger partial charge in [-0.15, -0.1) is 10.2 Å². The van der Waals surface area contributed by atoms with Gasteiger partial charge in [0.15, 0.2) is 0 Å². The Morgan fingerprint density at radius 3 is 2.33 bits per heavy atom. The first-order valence-corrected chi connectivity index (χ1v) is 13.5. The number of rotatable bonds is 10. The number of carbonyl (C=O) groups excluding carboxylic acids is 1. The SMILES string of the molecule is CCOC(=O)c1ccc(-c2c(OCc3ccc(-c4ccccc4)c(-c4nn[nH]n4)c3)cc(CC)nc2CC)cc1. The van der Waals surface area contributed by atoms with E-state index in [1.54, 1.807) is 19.1 Å². The molecule has 202 valence electrons. The van der Waals surface area contributed by atoms with Gasteiger partial charge in [0.2, 0.25) is 5.82 Å². The number of nitrogens with zero attached hydrogens (tertiary/aromatic N) is 4. The summed E-state index contributed by atoms with van der Waals surface area (Å²) in [4.78, 5) is 17.1. The van der Waals surface area contributed by atoms with Crippen molar-refractivity contribution in [1.82, 2.24) is 25.6 Å². The largest absolute Gasteiger partial charge is 0.488 e. The third-order valence-electron chi connectivity index (χ3n) is 6.64. The second kappa shape index (κ2) is 12.3. The predicted molar refractivity (Wildman–Crippen MR) is 154 cm³/mol. The Hall–Kier alpha value is -4.85. The molecule has 0 radical (unpaired) electrons. The number of hydrogen-bond acceptors (Lipinski definition) is 7. The molecule has 0 saturated carbocycles. The zero-order valence-electron chi connectivity index (χ0n) is 22.8. The Kier molecular flexibility index (Phi) is 8.25. The van der Waals surface area contributed by atoms with Crippen LogP contribution >= 0.6 is 0 Å². The lowest BCUT2D eigenvalue weighted by Crippen LogP contribution is -2.05. The standard InChI is InChI=1S/C32H31N5O3/c1-4-25-19-29(30(28(5-2)33-25)23-13-15-24(16-14-23)32(38)39-6-3)40-20-21-12-17-26(22-10-8-7-9-11-22)27(18-21)31-34-36-37-35-31/h7-19H,4-6,20H2,1-3H3,(H,34,35,36,37). The Morgan fingerprint density at radius 2 is 1.65 bits per heavy atom. The van der Waals surface area contributed by atoms with Crippen LogP contribution in [0, 0.1) is 0 Å². The number of aromatic amines is 1. The molecule has 3 aromatic carbocycles. The highest BCUT2D eigenvalue weighted by Crippen LogP contribution is 2.36. The van der Waals surface area contributed by atoms with Gasteiger partial charge in [-0.2, -0.15) is 5.21 Å². The summed E-state index contributed by atoms with van der Waals surface area (Å²) in [7, 11) is 0. The van der Waals surface area contributed by atoms with Gasteiger partial charge in [0.05, 0.1) is 17.9 Å². The predicted octanol–water partition coefficient (Wildman–Crippen LogP) is 6.48. The third-order valence-corrected chi connectivity index (χ3v) is 6.64. The number of pyridine rings is 1. The van der Waals surface area contributed by atoms with Crippen molar-refractivity contribution in [2.45, 2.75) is 40.2 Å². The zero-order valence-corrected chi connectivity index (χ0v) is 22.8. The number of tetrazole rings is 1. The number of nitrogens with one attached hydrogen (secondary N) is 1. The molecular weight excluding hydrogens is 502 g/mol. The smallest absolute Gasteiger partial charge is 0.338 e. The van der Waals surface area contributed by atoms with E-state index in [9.17, 15) is 4.79 Å². The molecule has 5 aromatic rings. The van der Waals surface area contributed by atoms with Gasteiger partial charge in [-0.3, -0.25) is 4.98 Å². The number of hydrogen-bond donors (Lipinski definition) is 1. The van der Waals surface area contributed by atoms with Crippen LogP contribution in [0.2, 0.25) is 0 Å². The molecule has 8 heteroatoms. The average Bonchev–Trinajstić information content (AvgIpc) is 3.55. The first-order chi connectivity index (χ1) is 19.6. The normalized spacial score (nSPS) is 10.9. The van der Waals surface area contributed by atoms with E-state index < -0.39 is 0 Å². The molecule has 0 saturated heterocycles. The highest BCUT2D eigenvalue weighted by molar-refractivity contribution is 5.90. The summed E-state index contributed by atoms with van der Waals surface area (Å²) in [6.45, 7) is 6.64. The lowest BCUT2D eigenvalue weighted by molar-refractivity contribution is 0.0526. The van der Waals surface area contributed by atoms with Crippen molar-refractivity contribution in [2.75, 3.05) is 6.61 Å². The molecule has 0 bridgehead atoms. The minimum absolute atomic E-state index is 0.335. The van der Waals surface area contributed by atoms with Gasteiger partial charge in [-0.25, -0.2) is 4.79 Å². The molecule has 0 spiro atoms. The first-order valence-electron chi connectivity index (χ1n) is 13.5. The minimum atomic E-state index is -0.336. The van der Waals surface area contributed by atoms with Crippen LogP contribution in [0.4, 0.5) is 0 Å². The van der Waals surface area contributed by atoms with Crippen LogP contribution < -0.4 is 4.74 Å². The van der Waals surface area contributed by atoms with Crippen LogP contribution in [0.5, 0.6) is 5.75 Å². The van der Waals surface area contributed by atoms with Crippen LogP contribution in [0.1, 0.15) is 48.1 Å². The maximum atomic E-state index is 12.2. The van der Waals surface area contributed by atoms with E-state index in [-0.39, 0.29) is 5.97 Å². The molecule has 5 rings (SSSR count). The number of ether oxygens (including phenoxy) is 2. The fraction of sp³-hybridized carbons (Fsp3) is 0.219. The summed E-state index contributed by atoms with van der Waals surface area (Å²) in [5, 5.41) is 14.8. The van der Waals surface area contributed by atoms with E-state index in [2.05, 4.69) is 58.7 Å². The summed E-state index contributed by atoms with van der Waals surface area (Å²) >= 11 is 0. The second-order valence-corrected chi connectivity index (χ2v) is 9.21. The Labute approximate surface area is 233 Å². The number of carbonyl (C=O) groups is 1. The molecule has 2 aromatic heterocycles. The lowest BCUT2D eigenvalue weighted by Gasteiger charge is -2.17. The monoisotopic (exact) mass is 533 g/mol. The van der Waals surface area contributed by atoms with Gasteiger partial charge >= 0.3 is 5.97 Å². The second-order valence-electron chi connectivity index (χ2n) is 9.21. The summed E-state index contributed by atoms with van der Waals surface area (Å²) in [6.07, 6.45) is 1.53. The van der Waals surface area contributed by atoms with Gasteiger partial charge in [0, 0.05) is 22.9 Å². The minimum Gasteiger partial charge on any atom is -0.488 e. The van der Waals surface area contributed by atoms with Gasteiger partial charge in [0.1, 0.15) is 12.4 Å². The van der Waals surface area contributed by atoms with Crippen LogP contribution in [0.3, 0.4) is 0 Å². The molecule has 0 amide bonds. The number of aromatic nitrogens is 5. The van der Waals surface area contributed by atoms with E-state index in [1.165, 1.54) is 0 Å². The lowest BCUT2D eigenvalue weighted by atomic mass is 9.97. The van der Waals surface area contributed by atoms with Crippen LogP contribution in [0.25, 0.3) is 33.6 Å². The molecule has 0 fully saturated rings. The fourth-order valence-electron chi connectivity index (χ4n) is 4.65. The molecular formula is C32H31N5O3. The summed E-state index contributed by atoms with van der Waals surface area (Å²) in [5.41, 5.74) is 8.20. The number of esters is 1. The Balaban J connectivity index is 1.49. The van der Waals surface area contributed by atoms with E-state index in [4.69, 9.17) is 14.5 Å². The van der Waals surface area contributed by atoms with Crippen molar-refractivity contribution in [3.8, 4) is 39.4 Å². The Bertz CT molecular complexity index is 1580. The molecule has 2 heterocycles. The molecule has 0 unspecified atom stereocenters. The molecule has 40 heavy (non-hydrogen) atoms. The van der Waals surface area contributed by atoms with Crippen molar-refractivity contribution >= 4 is 5.97 Å². The van der Waals surface area contributed by atoms with E-state index in [0.29, 0.717) is 24.6 Å². The maximum absolute atomic E-state index is 12.2. The van der Waals surface area contributed by atoms with Crippen molar-refractivity contribution in [3.63, 3.8) is 0 Å². The maximum Gasteiger partial charge on any atom is 0.338 e. The highest BCUT2D eigenvalue weighted by Gasteiger charge is 2.17. The number of H-pyrrole nitrogens is 1. The fourth-order valence-corrected chi connectivity index (χ4v) is 4.65. The number of benzene rings is 3. The molecule has 8 nitrogen and oxygen atoms in total. The van der Waals surface area contributed by atoms with Gasteiger partial charge in [0.25, 0.3) is 0 Å². The van der Waals surface area contributed by atoms with Crippen molar-refractivity contribution in [1.29, 1.82) is 0 Å². The summed E-state index contributed by atoms with van der Waals surface area (Å²) < 4.78 is 11.6. The summed E-state index contributed by atoms with van der Waals surface area (Å²) in [5.74, 6) is 0.936. The first kappa shape index (κ1) is 26.7. The van der Waals surface area contributed by atoms with Crippen molar-refractivity contribution < 1.29 is 14.3 Å². The number of aryl methyl sites for hydroxylation is 2. The quantitative estimate of drug-likeness (QED) is 0.205. The van der Waals surface area contributed by atoms with Crippen LogP contribution in [-0.4, -0.2) is 38.2 Å². The molecule has 0 aliphatic rings. The zero-order chi connectivity index (χ0) is 27.9. The topological polar surface area (TPSA) is 103 Å². The van der Waals surface area contributed by atoms with Gasteiger partial charge in [-0.1, -0.05) is 68.4 Å². The molecule has 0 aliphatic carbocycles. The van der Waals surface area contributed by atoms with E-state index >= 15 is 0 Å². The van der Waals surface area contributed by atoms with Crippen molar-refractivity contribution in [2.24, 2.45) is 0 Å². The van der Waals surface area contributed by atoms with Crippen molar-refractivity contribution in [3.05, 3.63) is 101 Å². The van der Waals surface area contributed by atoms with Gasteiger partial charge < -0.3 is 9.47 Å². The molecule has 1 N–H and O–H groups in total. The average molecular weight is 534 g/mol. The van der Waals surface area contributed by atoms with Crippen LogP contribution in [-0.2, 0) is 24.2 Å². The van der Waals surface area contributed by atoms with E-state index in [1.807, 2.05) is 42.5 Å². The van der Waals surface area contributed by atoms with E-state index in [0.717, 1.165) is 63.4 Å². The molecule has 0 aliphatic heterocycles. The highest BCUT2D eigenvalue weighted by atomic mass is 16.5. The third kappa shape index (κ3) is 5.76. The Morgan fingerprint density at radius 1 is 0.850 bits per heavy atom.